The molecule has 1 aromatic carbocycles. The van der Waals surface area contributed by atoms with Gasteiger partial charge in [0, 0.05) is 27.3 Å². The third-order valence-corrected chi connectivity index (χ3v) is 4.36. The van der Waals surface area contributed by atoms with Crippen LogP contribution >= 0.6 is 11.6 Å². The van der Waals surface area contributed by atoms with E-state index in [4.69, 9.17) is 11.6 Å². The van der Waals surface area contributed by atoms with Crippen LogP contribution in [-0.2, 0) is 10.8 Å². The Morgan fingerprint density at radius 2 is 1.71 bits per heavy atom. The van der Waals surface area contributed by atoms with Crippen molar-refractivity contribution in [3.05, 3.63) is 34.9 Å². The Hall–Kier alpha value is -0.340. The molecule has 1 aliphatic heterocycles. The Kier molecular flexibility index (Phi) is 3.24. The highest BCUT2D eigenvalue weighted by molar-refractivity contribution is 7.85. The zero-order valence-corrected chi connectivity index (χ0v) is 9.48. The highest BCUT2D eigenvalue weighted by atomic mass is 35.5. The van der Waals surface area contributed by atoms with E-state index in [-0.39, 0.29) is 0 Å². The largest absolute Gasteiger partial charge is 0.260 e. The molecule has 76 valence electrons. The first-order chi connectivity index (χ1) is 6.75. The molecule has 1 saturated heterocycles. The van der Waals surface area contributed by atoms with Crippen LogP contribution in [-0.4, -0.2) is 15.7 Å². The molecule has 0 N–H and O–H groups in total. The van der Waals surface area contributed by atoms with Crippen LogP contribution in [0, 0.1) is 0 Å². The molecule has 1 aromatic rings. The number of hydrogen-bond donors (Lipinski definition) is 0. The minimum Gasteiger partial charge on any atom is -0.260 e. The smallest absolute Gasteiger partial charge is 0.0406 e. The summed E-state index contributed by atoms with van der Waals surface area (Å²) in [6.07, 6.45) is 2.10. The fourth-order valence-electron chi connectivity index (χ4n) is 1.86. The molecule has 0 amide bonds. The molecule has 0 radical (unpaired) electrons. The zero-order valence-electron chi connectivity index (χ0n) is 7.91. The third-order valence-electron chi connectivity index (χ3n) is 2.73. The van der Waals surface area contributed by atoms with E-state index < -0.39 is 10.8 Å². The summed E-state index contributed by atoms with van der Waals surface area (Å²) in [5.74, 6) is 2.30. The number of benzene rings is 1. The van der Waals surface area contributed by atoms with Crippen LogP contribution in [0.2, 0.25) is 5.02 Å². The third kappa shape index (κ3) is 2.37. The molecule has 1 fully saturated rings. The predicted molar refractivity (Wildman–Crippen MR) is 61.3 cm³/mol. The summed E-state index contributed by atoms with van der Waals surface area (Å²) in [6, 6.07) is 8.04. The molecule has 0 aliphatic carbocycles. The van der Waals surface area contributed by atoms with Gasteiger partial charge in [-0.3, -0.25) is 4.21 Å². The number of halogens is 1. The lowest BCUT2D eigenvalue weighted by molar-refractivity contribution is 0.605. The molecule has 0 spiro atoms. The van der Waals surface area contributed by atoms with Gasteiger partial charge in [0.05, 0.1) is 0 Å². The van der Waals surface area contributed by atoms with Crippen molar-refractivity contribution < 1.29 is 4.21 Å². The van der Waals surface area contributed by atoms with Crippen molar-refractivity contribution in [1.29, 1.82) is 0 Å². The maximum absolute atomic E-state index is 11.2. The van der Waals surface area contributed by atoms with E-state index in [9.17, 15) is 4.21 Å². The van der Waals surface area contributed by atoms with Crippen molar-refractivity contribution in [3.63, 3.8) is 0 Å². The summed E-state index contributed by atoms with van der Waals surface area (Å²) in [5.41, 5.74) is 1.34. The Balaban J connectivity index is 2.08. The van der Waals surface area contributed by atoms with E-state index in [1.54, 1.807) is 0 Å². The van der Waals surface area contributed by atoms with E-state index >= 15 is 0 Å². The molecule has 0 aromatic heterocycles. The SMILES string of the molecule is O=S1CCC(c2ccc(Cl)cc2)CC1. The summed E-state index contributed by atoms with van der Waals surface area (Å²) in [5, 5.41) is 0.785. The molecule has 1 heterocycles. The van der Waals surface area contributed by atoms with Crippen LogP contribution in [0.3, 0.4) is 0 Å². The Labute approximate surface area is 91.9 Å². The van der Waals surface area contributed by atoms with E-state index in [0.717, 1.165) is 29.4 Å². The monoisotopic (exact) mass is 228 g/mol. The Morgan fingerprint density at radius 1 is 1.14 bits per heavy atom. The average molecular weight is 229 g/mol. The van der Waals surface area contributed by atoms with Gasteiger partial charge in [-0.25, -0.2) is 0 Å². The van der Waals surface area contributed by atoms with Crippen molar-refractivity contribution in [3.8, 4) is 0 Å². The Morgan fingerprint density at radius 3 is 2.29 bits per heavy atom. The van der Waals surface area contributed by atoms with Gasteiger partial charge in [-0.1, -0.05) is 23.7 Å². The van der Waals surface area contributed by atoms with Gasteiger partial charge in [-0.2, -0.15) is 0 Å². The van der Waals surface area contributed by atoms with E-state index in [2.05, 4.69) is 12.1 Å². The lowest BCUT2D eigenvalue weighted by atomic mass is 9.94. The van der Waals surface area contributed by atoms with Gasteiger partial charge < -0.3 is 0 Å². The lowest BCUT2D eigenvalue weighted by Crippen LogP contribution is -2.16. The topological polar surface area (TPSA) is 17.1 Å². The van der Waals surface area contributed by atoms with Gasteiger partial charge in [0.1, 0.15) is 0 Å². The second-order valence-corrected chi connectivity index (χ2v) is 5.81. The molecule has 0 saturated carbocycles. The first-order valence-electron chi connectivity index (χ1n) is 4.86. The van der Waals surface area contributed by atoms with Crippen LogP contribution in [0.25, 0.3) is 0 Å². The molecule has 0 atom stereocenters. The molecule has 14 heavy (non-hydrogen) atoms. The van der Waals surface area contributed by atoms with Crippen molar-refractivity contribution in [2.75, 3.05) is 11.5 Å². The van der Waals surface area contributed by atoms with Crippen molar-refractivity contribution in [2.24, 2.45) is 0 Å². The molecule has 1 nitrogen and oxygen atoms in total. The van der Waals surface area contributed by atoms with Gasteiger partial charge in [0.15, 0.2) is 0 Å². The van der Waals surface area contributed by atoms with E-state index in [1.807, 2.05) is 12.1 Å². The molecule has 0 unspecified atom stereocenters. The maximum atomic E-state index is 11.2. The molecule has 2 rings (SSSR count). The van der Waals surface area contributed by atoms with Gasteiger partial charge in [0.25, 0.3) is 0 Å². The zero-order chi connectivity index (χ0) is 9.97. The molecular weight excluding hydrogens is 216 g/mol. The van der Waals surface area contributed by atoms with Crippen molar-refractivity contribution in [1.82, 2.24) is 0 Å². The van der Waals surface area contributed by atoms with Gasteiger partial charge in [0.2, 0.25) is 0 Å². The first-order valence-corrected chi connectivity index (χ1v) is 6.73. The van der Waals surface area contributed by atoms with E-state index in [1.165, 1.54) is 5.56 Å². The highest BCUT2D eigenvalue weighted by Crippen LogP contribution is 2.28. The summed E-state index contributed by atoms with van der Waals surface area (Å²) in [7, 11) is -0.565. The van der Waals surface area contributed by atoms with Gasteiger partial charge in [-0.15, -0.1) is 0 Å². The minimum absolute atomic E-state index is 0.565. The van der Waals surface area contributed by atoms with Crippen LogP contribution < -0.4 is 0 Å². The van der Waals surface area contributed by atoms with Crippen LogP contribution in [0.1, 0.15) is 24.3 Å². The fourth-order valence-corrected chi connectivity index (χ4v) is 3.29. The van der Waals surface area contributed by atoms with Crippen molar-refractivity contribution in [2.45, 2.75) is 18.8 Å². The summed E-state index contributed by atoms with van der Waals surface area (Å²) in [4.78, 5) is 0. The van der Waals surface area contributed by atoms with Crippen LogP contribution in [0.5, 0.6) is 0 Å². The molecule has 3 heteroatoms. The van der Waals surface area contributed by atoms with Crippen LogP contribution in [0.4, 0.5) is 0 Å². The second-order valence-electron chi connectivity index (χ2n) is 3.67. The molecule has 1 aliphatic rings. The maximum Gasteiger partial charge on any atom is 0.0406 e. The summed E-state index contributed by atoms with van der Waals surface area (Å²) in [6.45, 7) is 0. The minimum atomic E-state index is -0.565. The first kappa shape index (κ1) is 10.2. The quantitative estimate of drug-likeness (QED) is 0.723. The fraction of sp³-hybridized carbons (Fsp3) is 0.455. The van der Waals surface area contributed by atoms with Crippen LogP contribution in [0.15, 0.2) is 24.3 Å². The average Bonchev–Trinajstić information content (AvgIpc) is 2.21. The highest BCUT2D eigenvalue weighted by Gasteiger charge is 2.18. The molecular formula is C11H13ClOS. The number of hydrogen-bond acceptors (Lipinski definition) is 1. The molecule has 0 bridgehead atoms. The summed E-state index contributed by atoms with van der Waals surface area (Å²) < 4.78 is 11.2. The van der Waals surface area contributed by atoms with Gasteiger partial charge in [-0.05, 0) is 36.5 Å². The summed E-state index contributed by atoms with van der Waals surface area (Å²) >= 11 is 5.83. The van der Waals surface area contributed by atoms with Gasteiger partial charge >= 0.3 is 0 Å². The lowest BCUT2D eigenvalue weighted by Gasteiger charge is -2.21. The second kappa shape index (κ2) is 4.45. The van der Waals surface area contributed by atoms with E-state index in [0.29, 0.717) is 5.92 Å². The normalized spacial score (nSPS) is 27.5. The predicted octanol–water partition coefficient (Wildman–Crippen LogP) is 2.97. The Bertz CT molecular complexity index is 324. The van der Waals surface area contributed by atoms with Crippen molar-refractivity contribution >= 4 is 22.4 Å². The standard InChI is InChI=1S/C11H13ClOS/c12-11-3-1-9(2-4-11)10-5-7-14(13)8-6-10/h1-4,10H,5-8H2. The number of rotatable bonds is 1.